The van der Waals surface area contributed by atoms with Crippen LogP contribution >= 0.6 is 0 Å². The van der Waals surface area contributed by atoms with Crippen molar-refractivity contribution in [1.29, 1.82) is 0 Å². The molecule has 7 aliphatic carbocycles. The van der Waals surface area contributed by atoms with Crippen molar-refractivity contribution >= 4 is 97.8 Å². The number of hydrogen-bond acceptors (Lipinski definition) is 0. The molecule has 0 nitrogen and oxygen atoms in total. The van der Waals surface area contributed by atoms with E-state index < -0.39 is 0 Å². The standard InChI is InChI=1S/C40H18/c1-2-12-14-5-6-16-18-9-10-20-19-8-7-17-15-4-3-13-11(1)21-22(12)32-24(14)26(16)34-29(18)30(20)35-28(19)27(17)33-25(15)23(13)31(21)36-37(32)39(34)40(35)38(33)36/h1-8,11-12,14,21-22,24H,9-10H2. The Bertz CT molecular complexity index is 3000. The minimum Gasteiger partial charge on any atom is -0.0835 e. The van der Waals surface area contributed by atoms with Gasteiger partial charge in [-0.25, -0.2) is 0 Å². The Morgan fingerprint density at radius 1 is 0.500 bits per heavy atom. The maximum Gasteiger partial charge on any atom is 0.0142 e. The fourth-order valence-electron chi connectivity index (χ4n) is 13.6. The van der Waals surface area contributed by atoms with Gasteiger partial charge in [0.25, 0.3) is 0 Å². The molecule has 16 rings (SSSR count). The topological polar surface area (TPSA) is 0 Å². The maximum absolute atomic E-state index is 2.70. The van der Waals surface area contributed by atoms with Gasteiger partial charge in [0.1, 0.15) is 0 Å². The number of benzene rings is 5. The Morgan fingerprint density at radius 3 is 2.23 bits per heavy atom. The van der Waals surface area contributed by atoms with Crippen LogP contribution in [0.1, 0.15) is 51.1 Å². The van der Waals surface area contributed by atoms with E-state index in [-0.39, 0.29) is 0 Å². The Balaban J connectivity index is 1.46. The van der Waals surface area contributed by atoms with E-state index in [4.69, 9.17) is 0 Å². The summed E-state index contributed by atoms with van der Waals surface area (Å²) in [4.78, 5) is 0. The van der Waals surface area contributed by atoms with E-state index >= 15 is 0 Å². The lowest BCUT2D eigenvalue weighted by Gasteiger charge is -2.37. The summed E-state index contributed by atoms with van der Waals surface area (Å²) >= 11 is 0. The minimum atomic E-state index is 0.545. The molecule has 9 aromatic carbocycles. The van der Waals surface area contributed by atoms with Crippen molar-refractivity contribution in [2.45, 2.75) is 30.6 Å². The minimum absolute atomic E-state index is 0.545. The van der Waals surface area contributed by atoms with Crippen LogP contribution in [-0.2, 0) is 12.8 Å². The normalized spacial score (nSPS) is 31.1. The molecule has 1 saturated carbocycles. The predicted molar refractivity (Wildman–Crippen MR) is 165 cm³/mol. The van der Waals surface area contributed by atoms with Crippen LogP contribution in [0, 0.1) is 17.8 Å². The van der Waals surface area contributed by atoms with Crippen molar-refractivity contribution in [3.05, 3.63) is 81.1 Å². The van der Waals surface area contributed by atoms with Crippen molar-refractivity contribution in [1.82, 2.24) is 0 Å². The number of rotatable bonds is 0. The molecule has 0 aromatic heterocycles. The van der Waals surface area contributed by atoms with Gasteiger partial charge in [-0.3, -0.25) is 0 Å². The van der Waals surface area contributed by atoms with Gasteiger partial charge in [0.15, 0.2) is 0 Å². The second-order valence-electron chi connectivity index (χ2n) is 14.7. The second-order valence-corrected chi connectivity index (χ2v) is 14.7. The molecule has 1 fully saturated rings. The van der Waals surface area contributed by atoms with Crippen molar-refractivity contribution in [2.24, 2.45) is 17.8 Å². The van der Waals surface area contributed by atoms with Gasteiger partial charge >= 0.3 is 0 Å². The lowest BCUT2D eigenvalue weighted by molar-refractivity contribution is 0.355. The number of fused-ring (bicyclic) bond motifs is 5. The van der Waals surface area contributed by atoms with Gasteiger partial charge in [-0.1, -0.05) is 48.6 Å². The summed E-state index contributed by atoms with van der Waals surface area (Å²) < 4.78 is 0. The van der Waals surface area contributed by atoms with Crippen molar-refractivity contribution in [3.8, 4) is 0 Å². The van der Waals surface area contributed by atoms with Gasteiger partial charge < -0.3 is 0 Å². The van der Waals surface area contributed by atoms with Crippen molar-refractivity contribution in [3.63, 3.8) is 0 Å². The number of allylic oxidation sites excluding steroid dienone is 3. The highest BCUT2D eigenvalue weighted by atomic mass is 14.6. The van der Waals surface area contributed by atoms with Gasteiger partial charge in [-0.2, -0.15) is 0 Å². The predicted octanol–water partition coefficient (Wildman–Crippen LogP) is 8.82. The second kappa shape index (κ2) is 4.34. The maximum atomic E-state index is 2.70. The van der Waals surface area contributed by atoms with E-state index in [1.165, 1.54) is 23.6 Å². The fraction of sp³-hybridized carbons (Fsp3) is 0.200. The first-order valence-electron chi connectivity index (χ1n) is 15.6. The highest BCUT2D eigenvalue weighted by molar-refractivity contribution is 6.56. The molecular formula is C40H18. The lowest BCUT2D eigenvalue weighted by Crippen LogP contribution is -2.31. The van der Waals surface area contributed by atoms with Crippen LogP contribution in [0.25, 0.3) is 97.8 Å². The third kappa shape index (κ3) is 1.12. The highest BCUT2D eigenvalue weighted by Crippen LogP contribution is 2.73. The summed E-state index contributed by atoms with van der Waals surface area (Å²) in [5, 5.41) is 28.0. The summed E-state index contributed by atoms with van der Waals surface area (Å²) in [6, 6.07) is 10.1. The van der Waals surface area contributed by atoms with Crippen molar-refractivity contribution in [2.75, 3.05) is 0 Å². The number of hydrogen-bond donors (Lipinski definition) is 0. The van der Waals surface area contributed by atoms with E-state index in [1.54, 1.807) is 114 Å². The molecule has 0 heteroatoms. The molecule has 0 saturated heterocycles. The summed E-state index contributed by atoms with van der Waals surface area (Å²) in [6.07, 6.45) is 13.1. The largest absolute Gasteiger partial charge is 0.0835 e. The molecule has 0 heterocycles. The molecule has 7 aliphatic rings. The van der Waals surface area contributed by atoms with Gasteiger partial charge in [0, 0.05) is 17.8 Å². The van der Waals surface area contributed by atoms with Crippen LogP contribution in [0.15, 0.2) is 42.5 Å². The Hall–Kier alpha value is -4.16. The van der Waals surface area contributed by atoms with Crippen LogP contribution in [0.4, 0.5) is 0 Å². The molecule has 0 spiro atoms. The Morgan fingerprint density at radius 2 is 1.25 bits per heavy atom. The summed E-state index contributed by atoms with van der Waals surface area (Å²) in [6.45, 7) is 0. The highest BCUT2D eigenvalue weighted by Gasteiger charge is 2.59. The number of aryl methyl sites for hydroxylation is 2. The van der Waals surface area contributed by atoms with Crippen LogP contribution in [0.2, 0.25) is 0 Å². The fourth-order valence-corrected chi connectivity index (χ4v) is 13.6. The molecule has 178 valence electrons. The Kier molecular flexibility index (Phi) is 1.83. The molecule has 6 unspecified atom stereocenters. The molecule has 0 radical (unpaired) electrons. The monoisotopic (exact) mass is 498 g/mol. The molecule has 0 amide bonds. The van der Waals surface area contributed by atoms with Gasteiger partial charge in [-0.05, 0) is 161 Å². The average Bonchev–Trinajstić information content (AvgIpc) is 3.79. The van der Waals surface area contributed by atoms with Crippen LogP contribution < -0.4 is 5.22 Å². The first kappa shape index (κ1) is 16.8. The summed E-state index contributed by atoms with van der Waals surface area (Å²) in [7, 11) is 0. The third-order valence-corrected chi connectivity index (χ3v) is 14.2. The van der Waals surface area contributed by atoms with E-state index in [0.717, 1.165) is 0 Å². The zero-order valence-electron chi connectivity index (χ0n) is 21.5. The van der Waals surface area contributed by atoms with Gasteiger partial charge in [0.2, 0.25) is 0 Å². The smallest absolute Gasteiger partial charge is 0.0142 e. The Labute approximate surface area is 226 Å². The van der Waals surface area contributed by atoms with Gasteiger partial charge in [-0.15, -0.1) is 0 Å². The molecule has 6 atom stereocenters. The molecule has 0 aliphatic heterocycles. The van der Waals surface area contributed by atoms with E-state index in [2.05, 4.69) is 48.6 Å². The van der Waals surface area contributed by atoms with Crippen LogP contribution in [0.5, 0.6) is 0 Å². The van der Waals surface area contributed by atoms with Crippen LogP contribution in [0.3, 0.4) is 0 Å². The molecule has 40 heavy (non-hydrogen) atoms. The first-order chi connectivity index (χ1) is 19.9. The molecular weight excluding hydrogens is 480 g/mol. The third-order valence-electron chi connectivity index (χ3n) is 14.2. The van der Waals surface area contributed by atoms with Crippen LogP contribution in [-0.4, -0.2) is 0 Å². The van der Waals surface area contributed by atoms with Gasteiger partial charge in [0.05, 0.1) is 0 Å². The zero-order valence-corrected chi connectivity index (χ0v) is 21.5. The summed E-state index contributed by atoms with van der Waals surface area (Å²) in [5.74, 6) is 3.71. The molecule has 0 N–H and O–H groups in total. The molecule has 0 bridgehead atoms. The molecule has 9 aromatic rings. The lowest BCUT2D eigenvalue weighted by atomic mass is 9.65. The van der Waals surface area contributed by atoms with E-state index in [9.17, 15) is 0 Å². The first-order valence-corrected chi connectivity index (χ1v) is 15.6. The zero-order chi connectivity index (χ0) is 24.4. The average molecular weight is 499 g/mol. The van der Waals surface area contributed by atoms with E-state index in [1.807, 2.05) is 5.57 Å². The van der Waals surface area contributed by atoms with Crippen molar-refractivity contribution < 1.29 is 0 Å². The van der Waals surface area contributed by atoms with E-state index in [0.29, 0.717) is 35.5 Å². The quantitative estimate of drug-likeness (QED) is 0.145. The summed E-state index contributed by atoms with van der Waals surface area (Å²) in [5.41, 5.74) is 12.1. The SMILES string of the molecule is C1=CC2C3C4=c5c6c7c8c(ccc9c%10ccc%11c%12c%13c%14c(c1c3c%14c5c1c6c(c89)c%10c%11c%131)CC%12)C1C=CC2C4C71.